The van der Waals surface area contributed by atoms with E-state index in [2.05, 4.69) is 45.9 Å². The molecule has 0 saturated carbocycles. The molecule has 23 heavy (non-hydrogen) atoms. The molecule has 5 nitrogen and oxygen atoms in total. The number of methoxy groups -OCH3 is 1. The first-order chi connectivity index (χ1) is 11.1. The lowest BCUT2D eigenvalue weighted by Crippen LogP contribution is -2.46. The van der Waals surface area contributed by atoms with Crippen molar-refractivity contribution >= 4 is 5.69 Å². The molecule has 0 spiro atoms. The van der Waals surface area contributed by atoms with E-state index >= 15 is 0 Å². The van der Waals surface area contributed by atoms with Crippen LogP contribution in [0, 0.1) is 0 Å². The molecule has 0 bridgehead atoms. The fraction of sp³-hybridized carbons (Fsp3) is 0.667. The van der Waals surface area contributed by atoms with Gasteiger partial charge in [0.15, 0.2) is 0 Å². The highest BCUT2D eigenvalue weighted by Gasteiger charge is 2.18. The second-order valence-corrected chi connectivity index (χ2v) is 6.36. The molecule has 0 radical (unpaired) electrons. The molecule has 0 aromatic heterocycles. The molecule has 1 atom stereocenters. The number of nitrogens with zero attached hydrogens (tertiary/aromatic N) is 3. The van der Waals surface area contributed by atoms with Gasteiger partial charge in [-0.2, -0.15) is 0 Å². The summed E-state index contributed by atoms with van der Waals surface area (Å²) in [5.41, 5.74) is 2.65. The molecule has 1 N–H and O–H groups in total. The molecular weight excluding hydrogens is 290 g/mol. The first-order valence-corrected chi connectivity index (χ1v) is 8.54. The number of aliphatic hydroxyl groups excluding tert-OH is 1. The number of anilines is 1. The van der Waals surface area contributed by atoms with E-state index in [0.29, 0.717) is 13.2 Å². The van der Waals surface area contributed by atoms with Crippen LogP contribution in [-0.2, 0) is 11.3 Å². The number of likely N-dealkylation sites (N-methyl/N-ethyl adjacent to an activating group) is 2. The Balaban J connectivity index is 1.97. The first kappa shape index (κ1) is 18.2. The third-order valence-corrected chi connectivity index (χ3v) is 4.47. The summed E-state index contributed by atoms with van der Waals surface area (Å²) in [7, 11) is 3.67. The van der Waals surface area contributed by atoms with E-state index < -0.39 is 6.10 Å². The van der Waals surface area contributed by atoms with Crippen LogP contribution in [0.2, 0.25) is 0 Å². The van der Waals surface area contributed by atoms with Crippen LogP contribution in [0.1, 0.15) is 12.5 Å². The summed E-state index contributed by atoms with van der Waals surface area (Å²) in [4.78, 5) is 7.14. The molecule has 5 heteroatoms. The van der Waals surface area contributed by atoms with Crippen LogP contribution in [-0.4, -0.2) is 81.0 Å². The zero-order valence-electron chi connectivity index (χ0n) is 14.7. The van der Waals surface area contributed by atoms with Gasteiger partial charge in [0.1, 0.15) is 0 Å². The highest BCUT2D eigenvalue weighted by molar-refractivity contribution is 5.54. The van der Waals surface area contributed by atoms with Gasteiger partial charge >= 0.3 is 0 Å². The minimum Gasteiger partial charge on any atom is -0.389 e. The number of para-hydroxylation sites is 1. The zero-order valence-corrected chi connectivity index (χ0v) is 14.7. The van der Waals surface area contributed by atoms with Crippen molar-refractivity contribution in [2.45, 2.75) is 19.6 Å². The van der Waals surface area contributed by atoms with E-state index in [1.165, 1.54) is 11.3 Å². The smallest absolute Gasteiger partial charge is 0.0900 e. The lowest BCUT2D eigenvalue weighted by molar-refractivity contribution is 0.0419. The topological polar surface area (TPSA) is 39.2 Å². The lowest BCUT2D eigenvalue weighted by atomic mass is 10.1. The Morgan fingerprint density at radius 2 is 1.91 bits per heavy atom. The average molecular weight is 321 g/mol. The fourth-order valence-corrected chi connectivity index (χ4v) is 3.22. The molecular formula is C18H31N3O2. The lowest BCUT2D eigenvalue weighted by Gasteiger charge is -2.37. The monoisotopic (exact) mass is 321 g/mol. The van der Waals surface area contributed by atoms with Gasteiger partial charge in [0.2, 0.25) is 0 Å². The molecule has 130 valence electrons. The fourth-order valence-electron chi connectivity index (χ4n) is 3.22. The Hall–Kier alpha value is -1.14. The van der Waals surface area contributed by atoms with Crippen LogP contribution < -0.4 is 4.90 Å². The SMILES string of the molecule is CCN1CCN(c2ccccc2CN(C)CC(O)COC)CC1. The Kier molecular flexibility index (Phi) is 7.30. The van der Waals surface area contributed by atoms with Crippen molar-refractivity contribution in [3.8, 4) is 0 Å². The number of piperazine rings is 1. The summed E-state index contributed by atoms with van der Waals surface area (Å²) in [5.74, 6) is 0. The molecule has 1 unspecified atom stereocenters. The molecule has 1 heterocycles. The molecule has 1 aromatic carbocycles. The third kappa shape index (κ3) is 5.46. The Bertz CT molecular complexity index is 461. The molecule has 0 aliphatic carbocycles. The third-order valence-electron chi connectivity index (χ3n) is 4.47. The highest BCUT2D eigenvalue weighted by atomic mass is 16.5. The van der Waals surface area contributed by atoms with Gasteiger partial charge in [0.25, 0.3) is 0 Å². The molecule has 1 aliphatic heterocycles. The highest BCUT2D eigenvalue weighted by Crippen LogP contribution is 2.23. The van der Waals surface area contributed by atoms with E-state index in [9.17, 15) is 5.11 Å². The number of hydrogen-bond donors (Lipinski definition) is 1. The largest absolute Gasteiger partial charge is 0.389 e. The quantitative estimate of drug-likeness (QED) is 0.781. The van der Waals surface area contributed by atoms with Crippen molar-refractivity contribution in [1.29, 1.82) is 0 Å². The maximum Gasteiger partial charge on any atom is 0.0900 e. The number of benzene rings is 1. The minimum absolute atomic E-state index is 0.380. The van der Waals surface area contributed by atoms with Gasteiger partial charge in [-0.05, 0) is 25.2 Å². The summed E-state index contributed by atoms with van der Waals surface area (Å²) in [6, 6.07) is 8.63. The molecule has 1 aliphatic rings. The van der Waals surface area contributed by atoms with E-state index in [1.54, 1.807) is 7.11 Å². The Labute approximate surface area is 140 Å². The summed E-state index contributed by atoms with van der Waals surface area (Å²) < 4.78 is 5.00. The molecule has 1 saturated heterocycles. The van der Waals surface area contributed by atoms with Crippen LogP contribution in [0.3, 0.4) is 0 Å². The number of rotatable bonds is 8. The molecule has 1 fully saturated rings. The van der Waals surface area contributed by atoms with Crippen LogP contribution >= 0.6 is 0 Å². The number of hydrogen-bond acceptors (Lipinski definition) is 5. The maximum atomic E-state index is 9.89. The van der Waals surface area contributed by atoms with E-state index in [4.69, 9.17) is 4.74 Å². The van der Waals surface area contributed by atoms with E-state index in [1.807, 2.05) is 7.05 Å². The predicted molar refractivity (Wildman–Crippen MR) is 95.0 cm³/mol. The van der Waals surface area contributed by atoms with Gasteiger partial charge in [-0.25, -0.2) is 0 Å². The number of aliphatic hydroxyl groups is 1. The molecule has 0 amide bonds. The maximum absolute atomic E-state index is 9.89. The van der Waals surface area contributed by atoms with Crippen molar-refractivity contribution in [1.82, 2.24) is 9.80 Å². The van der Waals surface area contributed by atoms with Crippen molar-refractivity contribution in [2.24, 2.45) is 0 Å². The molecule has 2 rings (SSSR count). The standard InChI is InChI=1S/C18H31N3O2/c1-4-20-9-11-21(12-10-20)18-8-6-5-7-16(18)13-19(2)14-17(22)15-23-3/h5-8,17,22H,4,9-15H2,1-3H3. The van der Waals surface area contributed by atoms with E-state index in [-0.39, 0.29) is 0 Å². The van der Waals surface area contributed by atoms with Crippen molar-refractivity contribution in [3.63, 3.8) is 0 Å². The Morgan fingerprint density at radius 1 is 1.22 bits per heavy atom. The minimum atomic E-state index is -0.440. The van der Waals surface area contributed by atoms with Crippen LogP contribution in [0.4, 0.5) is 5.69 Å². The van der Waals surface area contributed by atoms with Gasteiger partial charge in [0, 0.05) is 52.1 Å². The first-order valence-electron chi connectivity index (χ1n) is 8.54. The van der Waals surface area contributed by atoms with Gasteiger partial charge in [-0.3, -0.25) is 4.90 Å². The number of ether oxygens (including phenoxy) is 1. The van der Waals surface area contributed by atoms with Crippen LogP contribution in [0.5, 0.6) is 0 Å². The average Bonchev–Trinajstić information content (AvgIpc) is 2.55. The summed E-state index contributed by atoms with van der Waals surface area (Å²) in [6.07, 6.45) is -0.440. The van der Waals surface area contributed by atoms with Gasteiger partial charge in [0.05, 0.1) is 12.7 Å². The summed E-state index contributed by atoms with van der Waals surface area (Å²) in [5, 5.41) is 9.89. The van der Waals surface area contributed by atoms with Crippen LogP contribution in [0.25, 0.3) is 0 Å². The summed E-state index contributed by atoms with van der Waals surface area (Å²) in [6.45, 7) is 9.63. The second kappa shape index (κ2) is 9.23. The zero-order chi connectivity index (χ0) is 16.7. The van der Waals surface area contributed by atoms with Gasteiger partial charge in [-0.15, -0.1) is 0 Å². The normalized spacial score (nSPS) is 17.7. The Morgan fingerprint density at radius 3 is 2.57 bits per heavy atom. The van der Waals surface area contributed by atoms with Crippen molar-refractivity contribution in [2.75, 3.05) is 64.9 Å². The second-order valence-electron chi connectivity index (χ2n) is 6.36. The van der Waals surface area contributed by atoms with Crippen molar-refractivity contribution in [3.05, 3.63) is 29.8 Å². The molecule has 1 aromatic rings. The van der Waals surface area contributed by atoms with Gasteiger partial charge < -0.3 is 19.6 Å². The van der Waals surface area contributed by atoms with Gasteiger partial charge in [-0.1, -0.05) is 25.1 Å². The predicted octanol–water partition coefficient (Wildman–Crippen LogP) is 1.27. The van der Waals surface area contributed by atoms with Crippen molar-refractivity contribution < 1.29 is 9.84 Å². The van der Waals surface area contributed by atoms with Crippen LogP contribution in [0.15, 0.2) is 24.3 Å². The van der Waals surface area contributed by atoms with E-state index in [0.717, 1.165) is 39.3 Å². The summed E-state index contributed by atoms with van der Waals surface area (Å²) >= 11 is 0.